The van der Waals surface area contributed by atoms with Crippen molar-refractivity contribution in [3.05, 3.63) is 51.7 Å². The van der Waals surface area contributed by atoms with Gasteiger partial charge in [0.25, 0.3) is 0 Å². The molecule has 0 saturated carbocycles. The molecule has 0 radical (unpaired) electrons. The Morgan fingerprint density at radius 1 is 1.38 bits per heavy atom. The smallest absolute Gasteiger partial charge is 0.123 e. The van der Waals surface area contributed by atoms with Gasteiger partial charge >= 0.3 is 0 Å². The number of thiazole rings is 1. The Labute approximate surface area is 97.9 Å². The highest BCUT2D eigenvalue weighted by Gasteiger charge is 2.12. The second-order valence-corrected chi connectivity index (χ2v) is 4.63. The van der Waals surface area contributed by atoms with Crippen molar-refractivity contribution in [1.29, 1.82) is 0 Å². The molecule has 0 bridgehead atoms. The Morgan fingerprint density at radius 3 is 2.62 bits per heavy atom. The fourth-order valence-electron chi connectivity index (χ4n) is 1.63. The quantitative estimate of drug-likeness (QED) is 0.890. The van der Waals surface area contributed by atoms with Crippen LogP contribution >= 0.6 is 11.3 Å². The lowest BCUT2D eigenvalue weighted by Crippen LogP contribution is -2.13. The van der Waals surface area contributed by atoms with Crippen molar-refractivity contribution >= 4 is 11.3 Å². The van der Waals surface area contributed by atoms with Crippen LogP contribution in [0.5, 0.6) is 0 Å². The van der Waals surface area contributed by atoms with Crippen LogP contribution in [0.2, 0.25) is 0 Å². The van der Waals surface area contributed by atoms with Gasteiger partial charge < -0.3 is 5.73 Å². The van der Waals surface area contributed by atoms with Crippen molar-refractivity contribution in [2.45, 2.75) is 19.4 Å². The van der Waals surface area contributed by atoms with Crippen LogP contribution in [-0.2, 0) is 6.42 Å². The Hall–Kier alpha value is -1.26. The van der Waals surface area contributed by atoms with E-state index in [0.717, 1.165) is 16.1 Å². The molecule has 1 atom stereocenters. The van der Waals surface area contributed by atoms with E-state index in [2.05, 4.69) is 4.98 Å². The lowest BCUT2D eigenvalue weighted by atomic mass is 10.0. The van der Waals surface area contributed by atoms with Crippen molar-refractivity contribution < 1.29 is 4.39 Å². The summed E-state index contributed by atoms with van der Waals surface area (Å²) < 4.78 is 12.7. The minimum atomic E-state index is -0.216. The Kier molecular flexibility index (Phi) is 3.31. The van der Waals surface area contributed by atoms with E-state index in [1.165, 1.54) is 12.1 Å². The molecule has 4 heteroatoms. The summed E-state index contributed by atoms with van der Waals surface area (Å²) in [6, 6.07) is 6.40. The summed E-state index contributed by atoms with van der Waals surface area (Å²) in [5.41, 5.74) is 9.92. The second kappa shape index (κ2) is 4.72. The fraction of sp³-hybridized carbons (Fsp3) is 0.250. The average Bonchev–Trinajstić information content (AvgIpc) is 2.68. The minimum Gasteiger partial charge on any atom is -0.323 e. The van der Waals surface area contributed by atoms with Crippen molar-refractivity contribution in [2.24, 2.45) is 5.73 Å². The van der Waals surface area contributed by atoms with Crippen LogP contribution in [0.4, 0.5) is 4.39 Å². The molecule has 0 aliphatic heterocycles. The number of benzene rings is 1. The molecule has 2 aromatic rings. The molecule has 16 heavy (non-hydrogen) atoms. The largest absolute Gasteiger partial charge is 0.323 e. The van der Waals surface area contributed by atoms with Crippen LogP contribution in [0.25, 0.3) is 0 Å². The first-order chi connectivity index (χ1) is 7.66. The number of nitrogens with zero attached hydrogens (tertiary/aromatic N) is 1. The normalized spacial score (nSPS) is 12.7. The second-order valence-electron chi connectivity index (χ2n) is 3.74. The van der Waals surface area contributed by atoms with E-state index in [4.69, 9.17) is 5.73 Å². The topological polar surface area (TPSA) is 38.9 Å². The third kappa shape index (κ3) is 2.46. The van der Waals surface area contributed by atoms with Gasteiger partial charge in [-0.3, -0.25) is 0 Å². The first-order valence-corrected chi connectivity index (χ1v) is 5.95. The van der Waals surface area contributed by atoms with Crippen LogP contribution in [0, 0.1) is 12.7 Å². The van der Waals surface area contributed by atoms with E-state index in [9.17, 15) is 4.39 Å². The maximum atomic E-state index is 12.7. The van der Waals surface area contributed by atoms with Gasteiger partial charge in [0.15, 0.2) is 0 Å². The summed E-state index contributed by atoms with van der Waals surface area (Å²) >= 11 is 1.57. The highest BCUT2D eigenvalue weighted by molar-refractivity contribution is 7.09. The minimum absolute atomic E-state index is 0.0574. The van der Waals surface area contributed by atoms with Gasteiger partial charge in [-0.05, 0) is 31.0 Å². The molecule has 2 rings (SSSR count). The van der Waals surface area contributed by atoms with Gasteiger partial charge in [-0.25, -0.2) is 9.37 Å². The number of rotatable bonds is 3. The van der Waals surface area contributed by atoms with Crippen molar-refractivity contribution in [1.82, 2.24) is 4.98 Å². The average molecular weight is 236 g/mol. The lowest BCUT2D eigenvalue weighted by Gasteiger charge is -2.10. The number of aryl methyl sites for hydroxylation is 1. The van der Waals surface area contributed by atoms with E-state index >= 15 is 0 Å². The molecule has 0 spiro atoms. The van der Waals surface area contributed by atoms with Crippen LogP contribution in [-0.4, -0.2) is 4.98 Å². The third-order valence-corrected chi connectivity index (χ3v) is 3.55. The summed E-state index contributed by atoms with van der Waals surface area (Å²) in [7, 11) is 0. The van der Waals surface area contributed by atoms with Gasteiger partial charge in [0, 0.05) is 10.9 Å². The van der Waals surface area contributed by atoms with Crippen molar-refractivity contribution in [3.63, 3.8) is 0 Å². The molecular formula is C12H13FN2S. The van der Waals surface area contributed by atoms with E-state index in [0.29, 0.717) is 6.42 Å². The van der Waals surface area contributed by atoms with Gasteiger partial charge in [0.05, 0.1) is 11.2 Å². The summed E-state index contributed by atoms with van der Waals surface area (Å²) in [6.45, 7) is 1.95. The molecule has 1 aromatic heterocycles. The summed E-state index contributed by atoms with van der Waals surface area (Å²) in [4.78, 5) is 5.27. The lowest BCUT2D eigenvalue weighted by molar-refractivity contribution is 0.625. The summed E-state index contributed by atoms with van der Waals surface area (Å²) in [5.74, 6) is -0.216. The molecular weight excluding hydrogens is 223 g/mol. The zero-order chi connectivity index (χ0) is 11.5. The maximum absolute atomic E-state index is 12.7. The Balaban J connectivity index is 2.10. The molecule has 0 aliphatic rings. The van der Waals surface area contributed by atoms with Gasteiger partial charge in [-0.1, -0.05) is 12.1 Å². The zero-order valence-corrected chi connectivity index (χ0v) is 9.80. The number of aromatic nitrogens is 1. The first-order valence-electron chi connectivity index (χ1n) is 5.07. The van der Waals surface area contributed by atoms with E-state index in [1.54, 1.807) is 29.0 Å². The number of hydrogen-bond donors (Lipinski definition) is 1. The number of nitrogens with two attached hydrogens (primary N) is 1. The highest BCUT2D eigenvalue weighted by Crippen LogP contribution is 2.22. The van der Waals surface area contributed by atoms with Gasteiger partial charge in [-0.2, -0.15) is 0 Å². The van der Waals surface area contributed by atoms with Crippen LogP contribution in [0.15, 0.2) is 29.8 Å². The van der Waals surface area contributed by atoms with Gasteiger partial charge in [-0.15, -0.1) is 11.3 Å². The summed E-state index contributed by atoms with van der Waals surface area (Å²) in [6.07, 6.45) is 0.712. The zero-order valence-electron chi connectivity index (χ0n) is 8.98. The molecule has 1 aromatic carbocycles. The predicted molar refractivity (Wildman–Crippen MR) is 63.9 cm³/mol. The SMILES string of the molecule is Cc1ncsc1C(N)Cc1ccc(F)cc1. The molecule has 0 amide bonds. The Bertz CT molecular complexity index is 464. The van der Waals surface area contributed by atoms with E-state index in [-0.39, 0.29) is 11.9 Å². The highest BCUT2D eigenvalue weighted by atomic mass is 32.1. The molecule has 2 nitrogen and oxygen atoms in total. The van der Waals surface area contributed by atoms with Crippen LogP contribution in [0.3, 0.4) is 0 Å². The Morgan fingerprint density at radius 2 is 2.06 bits per heavy atom. The predicted octanol–water partition coefficient (Wildman–Crippen LogP) is 2.83. The summed E-state index contributed by atoms with van der Waals surface area (Å²) in [5, 5.41) is 0. The molecule has 0 saturated heterocycles. The third-order valence-electron chi connectivity index (χ3n) is 2.49. The molecule has 0 fully saturated rings. The number of hydrogen-bond acceptors (Lipinski definition) is 3. The van der Waals surface area contributed by atoms with Crippen LogP contribution in [0.1, 0.15) is 22.2 Å². The van der Waals surface area contributed by atoms with Crippen molar-refractivity contribution in [2.75, 3.05) is 0 Å². The standard InChI is InChI=1S/C12H13FN2S/c1-8-12(16-7-15-8)11(14)6-9-2-4-10(13)5-3-9/h2-5,7,11H,6,14H2,1H3. The fourth-order valence-corrected chi connectivity index (χ4v) is 2.44. The number of halogens is 1. The van der Waals surface area contributed by atoms with Crippen LogP contribution < -0.4 is 5.73 Å². The van der Waals surface area contributed by atoms with E-state index in [1.807, 2.05) is 6.92 Å². The van der Waals surface area contributed by atoms with Crippen molar-refractivity contribution in [3.8, 4) is 0 Å². The van der Waals surface area contributed by atoms with Gasteiger partial charge in [0.1, 0.15) is 5.82 Å². The maximum Gasteiger partial charge on any atom is 0.123 e. The monoisotopic (exact) mass is 236 g/mol. The molecule has 1 heterocycles. The van der Waals surface area contributed by atoms with E-state index < -0.39 is 0 Å². The molecule has 1 unspecified atom stereocenters. The first kappa shape index (κ1) is 11.2. The molecule has 84 valence electrons. The molecule has 0 aliphatic carbocycles. The molecule has 2 N–H and O–H groups in total. The van der Waals surface area contributed by atoms with Gasteiger partial charge in [0.2, 0.25) is 0 Å².